The number of imidazole rings is 1. The van der Waals surface area contributed by atoms with E-state index in [4.69, 9.17) is 6.42 Å². The van der Waals surface area contributed by atoms with Gasteiger partial charge in [-0.2, -0.15) is 0 Å². The van der Waals surface area contributed by atoms with Crippen LogP contribution in [0.1, 0.15) is 59.1 Å². The third kappa shape index (κ3) is 3.11. The zero-order valence-corrected chi connectivity index (χ0v) is 11.1. The fourth-order valence-electron chi connectivity index (χ4n) is 1.44. The third-order valence-corrected chi connectivity index (χ3v) is 2.01. The van der Waals surface area contributed by atoms with E-state index in [2.05, 4.69) is 10.9 Å². The SMILES string of the molecule is C#Cc1cnc(C(C)(C)O)n1C(C)C.CC. The molecule has 0 unspecified atom stereocenters. The van der Waals surface area contributed by atoms with Gasteiger partial charge in [0, 0.05) is 6.04 Å². The van der Waals surface area contributed by atoms with Gasteiger partial charge in [-0.1, -0.05) is 19.8 Å². The van der Waals surface area contributed by atoms with Crippen LogP contribution in [-0.4, -0.2) is 14.7 Å². The van der Waals surface area contributed by atoms with E-state index in [0.717, 1.165) is 0 Å². The van der Waals surface area contributed by atoms with Crippen LogP contribution in [0.25, 0.3) is 0 Å². The zero-order valence-electron chi connectivity index (χ0n) is 11.1. The van der Waals surface area contributed by atoms with Crippen LogP contribution < -0.4 is 0 Å². The maximum atomic E-state index is 9.88. The molecule has 1 N–H and O–H groups in total. The smallest absolute Gasteiger partial charge is 0.141 e. The summed E-state index contributed by atoms with van der Waals surface area (Å²) in [4.78, 5) is 4.15. The predicted octanol–water partition coefficient (Wildman–Crippen LogP) is 2.70. The van der Waals surface area contributed by atoms with Crippen LogP contribution in [0.15, 0.2) is 6.20 Å². The maximum absolute atomic E-state index is 9.88. The Balaban J connectivity index is 0.00000106. The van der Waals surface area contributed by atoms with Gasteiger partial charge in [0.15, 0.2) is 0 Å². The van der Waals surface area contributed by atoms with E-state index in [0.29, 0.717) is 11.5 Å². The normalized spacial score (nSPS) is 10.7. The fraction of sp³-hybridized carbons (Fsp3) is 0.615. The lowest BCUT2D eigenvalue weighted by molar-refractivity contribution is 0.0635. The summed E-state index contributed by atoms with van der Waals surface area (Å²) in [6.07, 6.45) is 6.97. The van der Waals surface area contributed by atoms with Crippen molar-refractivity contribution in [3.05, 3.63) is 17.7 Å². The van der Waals surface area contributed by atoms with Crippen molar-refractivity contribution in [2.75, 3.05) is 0 Å². The minimum Gasteiger partial charge on any atom is -0.383 e. The topological polar surface area (TPSA) is 38.1 Å². The van der Waals surface area contributed by atoms with Gasteiger partial charge in [0.2, 0.25) is 0 Å². The Hall–Kier alpha value is -1.27. The summed E-state index contributed by atoms with van der Waals surface area (Å²) in [5, 5.41) is 9.88. The highest BCUT2D eigenvalue weighted by molar-refractivity contribution is 5.26. The van der Waals surface area contributed by atoms with Gasteiger partial charge in [-0.25, -0.2) is 4.98 Å². The number of aromatic nitrogens is 2. The molecule has 3 nitrogen and oxygen atoms in total. The molecule has 0 aliphatic heterocycles. The van der Waals surface area contributed by atoms with Crippen molar-refractivity contribution in [1.82, 2.24) is 9.55 Å². The largest absolute Gasteiger partial charge is 0.383 e. The molecule has 0 saturated heterocycles. The molecule has 0 amide bonds. The molecule has 1 aromatic rings. The molecule has 16 heavy (non-hydrogen) atoms. The summed E-state index contributed by atoms with van der Waals surface area (Å²) in [6, 6.07) is 0.199. The van der Waals surface area contributed by atoms with Gasteiger partial charge in [0.05, 0.1) is 6.20 Å². The van der Waals surface area contributed by atoms with E-state index in [-0.39, 0.29) is 6.04 Å². The number of aliphatic hydroxyl groups is 1. The van der Waals surface area contributed by atoms with Gasteiger partial charge in [0.25, 0.3) is 0 Å². The lowest BCUT2D eigenvalue weighted by Crippen LogP contribution is -2.23. The average Bonchev–Trinajstić information content (AvgIpc) is 2.63. The van der Waals surface area contributed by atoms with E-state index in [9.17, 15) is 5.11 Å². The minimum absolute atomic E-state index is 0.199. The Labute approximate surface area is 98.5 Å². The first-order chi connectivity index (χ1) is 7.38. The lowest BCUT2D eigenvalue weighted by atomic mass is 10.1. The second kappa shape index (κ2) is 5.72. The van der Waals surface area contributed by atoms with Crippen LogP contribution in [-0.2, 0) is 5.60 Å². The van der Waals surface area contributed by atoms with Crippen molar-refractivity contribution in [3.63, 3.8) is 0 Å². The average molecular weight is 222 g/mol. The highest BCUT2D eigenvalue weighted by atomic mass is 16.3. The summed E-state index contributed by atoms with van der Waals surface area (Å²) in [7, 11) is 0. The molecule has 1 aromatic heterocycles. The fourth-order valence-corrected chi connectivity index (χ4v) is 1.44. The third-order valence-electron chi connectivity index (χ3n) is 2.01. The monoisotopic (exact) mass is 222 g/mol. The van der Waals surface area contributed by atoms with Crippen LogP contribution in [0.3, 0.4) is 0 Å². The molecule has 0 saturated carbocycles. The summed E-state index contributed by atoms with van der Waals surface area (Å²) < 4.78 is 1.88. The predicted molar refractivity (Wildman–Crippen MR) is 67.1 cm³/mol. The lowest BCUT2D eigenvalue weighted by Gasteiger charge is -2.21. The van der Waals surface area contributed by atoms with Crippen molar-refractivity contribution in [2.45, 2.75) is 53.2 Å². The van der Waals surface area contributed by atoms with E-state index in [1.807, 2.05) is 32.3 Å². The van der Waals surface area contributed by atoms with Gasteiger partial charge >= 0.3 is 0 Å². The Bertz CT molecular complexity index is 364. The molecule has 0 atom stereocenters. The Kier molecular flexibility index (Phi) is 5.26. The summed E-state index contributed by atoms with van der Waals surface area (Å²) in [5.41, 5.74) is -0.253. The van der Waals surface area contributed by atoms with Gasteiger partial charge in [-0.3, -0.25) is 0 Å². The molecular weight excluding hydrogens is 200 g/mol. The van der Waals surface area contributed by atoms with Gasteiger partial charge < -0.3 is 9.67 Å². The van der Waals surface area contributed by atoms with Crippen LogP contribution in [0.2, 0.25) is 0 Å². The van der Waals surface area contributed by atoms with E-state index in [1.54, 1.807) is 20.0 Å². The number of terminal acetylenes is 1. The summed E-state index contributed by atoms with van der Waals surface area (Å²) >= 11 is 0. The minimum atomic E-state index is -0.959. The number of hydrogen-bond acceptors (Lipinski definition) is 2. The second-order valence-electron chi connectivity index (χ2n) is 4.13. The van der Waals surface area contributed by atoms with Crippen molar-refractivity contribution in [3.8, 4) is 12.3 Å². The zero-order chi connectivity index (χ0) is 12.9. The Morgan fingerprint density at radius 3 is 2.25 bits per heavy atom. The van der Waals surface area contributed by atoms with E-state index in [1.165, 1.54) is 0 Å². The van der Waals surface area contributed by atoms with Crippen LogP contribution in [0.4, 0.5) is 0 Å². The van der Waals surface area contributed by atoms with Crippen LogP contribution in [0, 0.1) is 12.3 Å². The number of hydrogen-bond donors (Lipinski definition) is 1. The van der Waals surface area contributed by atoms with Crippen molar-refractivity contribution < 1.29 is 5.11 Å². The molecule has 0 bridgehead atoms. The molecular formula is C13H22N2O. The first kappa shape index (κ1) is 14.7. The molecule has 0 radical (unpaired) electrons. The van der Waals surface area contributed by atoms with Gasteiger partial charge in [0.1, 0.15) is 17.1 Å². The van der Waals surface area contributed by atoms with Crippen LogP contribution >= 0.6 is 0 Å². The standard InChI is InChI=1S/C11H16N2O.C2H6/c1-6-9-7-12-10(11(4,5)14)13(9)8(2)3;1-2/h1,7-8,14H,2-5H3;1-2H3. The first-order valence-corrected chi connectivity index (χ1v) is 5.64. The Morgan fingerprint density at radius 2 is 1.94 bits per heavy atom. The first-order valence-electron chi connectivity index (χ1n) is 5.64. The van der Waals surface area contributed by atoms with Crippen molar-refractivity contribution in [1.29, 1.82) is 0 Å². The molecule has 0 spiro atoms. The van der Waals surface area contributed by atoms with Crippen molar-refractivity contribution >= 4 is 0 Å². The highest BCUT2D eigenvalue weighted by Crippen LogP contribution is 2.23. The van der Waals surface area contributed by atoms with Crippen LogP contribution in [0.5, 0.6) is 0 Å². The maximum Gasteiger partial charge on any atom is 0.141 e. The van der Waals surface area contributed by atoms with Crippen molar-refractivity contribution in [2.24, 2.45) is 0 Å². The van der Waals surface area contributed by atoms with Gasteiger partial charge in [-0.05, 0) is 27.7 Å². The van der Waals surface area contributed by atoms with E-state index < -0.39 is 5.60 Å². The molecule has 0 fully saturated rings. The molecule has 3 heteroatoms. The molecule has 1 heterocycles. The quantitative estimate of drug-likeness (QED) is 0.781. The summed E-state index contributed by atoms with van der Waals surface area (Å²) in [5.74, 6) is 3.17. The Morgan fingerprint density at radius 1 is 1.44 bits per heavy atom. The van der Waals surface area contributed by atoms with E-state index >= 15 is 0 Å². The molecule has 0 aromatic carbocycles. The molecule has 1 rings (SSSR count). The molecule has 0 aliphatic rings. The molecule has 0 aliphatic carbocycles. The highest BCUT2D eigenvalue weighted by Gasteiger charge is 2.24. The number of nitrogens with zero attached hydrogens (tertiary/aromatic N) is 2. The molecule has 90 valence electrons. The number of rotatable bonds is 2. The second-order valence-corrected chi connectivity index (χ2v) is 4.13. The summed E-state index contributed by atoms with van der Waals surface area (Å²) in [6.45, 7) is 11.4. The van der Waals surface area contributed by atoms with Gasteiger partial charge in [-0.15, -0.1) is 6.42 Å².